The van der Waals surface area contributed by atoms with Crippen molar-refractivity contribution < 1.29 is 19.0 Å². The van der Waals surface area contributed by atoms with Crippen molar-refractivity contribution in [2.45, 2.75) is 26.4 Å². The van der Waals surface area contributed by atoms with Crippen LogP contribution in [0.1, 0.15) is 30.6 Å². The number of carbonyl (C=O) groups is 1. The molecular weight excluding hydrogens is 234 g/mol. The Morgan fingerprint density at radius 2 is 2.11 bits per heavy atom. The van der Waals surface area contributed by atoms with Gasteiger partial charge in [-0.3, -0.25) is 0 Å². The first-order valence-corrected chi connectivity index (χ1v) is 5.92. The highest BCUT2D eigenvalue weighted by Gasteiger charge is 2.08. The number of aromatic nitrogens is 1. The Labute approximate surface area is 107 Å². The summed E-state index contributed by atoms with van der Waals surface area (Å²) in [5.41, 5.74) is 0.420. The summed E-state index contributed by atoms with van der Waals surface area (Å²) < 4.78 is 15.3. The van der Waals surface area contributed by atoms with Crippen LogP contribution in [0.4, 0.5) is 0 Å². The van der Waals surface area contributed by atoms with Crippen molar-refractivity contribution in [1.29, 1.82) is 0 Å². The minimum Gasteiger partial charge on any atom is -0.475 e. The van der Waals surface area contributed by atoms with Crippen molar-refractivity contribution in [2.75, 3.05) is 20.3 Å². The first-order chi connectivity index (χ1) is 8.63. The van der Waals surface area contributed by atoms with E-state index in [0.717, 1.165) is 0 Å². The molecule has 1 aromatic heterocycles. The fourth-order valence-electron chi connectivity index (χ4n) is 1.26. The predicted molar refractivity (Wildman–Crippen MR) is 66.8 cm³/mol. The van der Waals surface area contributed by atoms with Crippen molar-refractivity contribution in [2.24, 2.45) is 0 Å². The van der Waals surface area contributed by atoms with Gasteiger partial charge in [0.2, 0.25) is 5.88 Å². The van der Waals surface area contributed by atoms with Gasteiger partial charge in [0.1, 0.15) is 0 Å². The molecule has 0 radical (unpaired) electrons. The molecule has 5 nitrogen and oxygen atoms in total. The quantitative estimate of drug-likeness (QED) is 0.550. The molecule has 1 heterocycles. The number of methoxy groups -OCH3 is 1. The molecule has 0 spiro atoms. The Hall–Kier alpha value is -1.62. The molecular formula is C13H19NO4. The van der Waals surface area contributed by atoms with Gasteiger partial charge in [-0.15, -0.1) is 0 Å². The molecule has 0 bridgehead atoms. The molecule has 1 aromatic rings. The summed E-state index contributed by atoms with van der Waals surface area (Å²) in [4.78, 5) is 15.6. The zero-order valence-electron chi connectivity index (χ0n) is 11.0. The van der Waals surface area contributed by atoms with Crippen molar-refractivity contribution in [3.05, 3.63) is 23.9 Å². The van der Waals surface area contributed by atoms with Crippen LogP contribution in [0.25, 0.3) is 0 Å². The van der Waals surface area contributed by atoms with Gasteiger partial charge in [0, 0.05) is 32.4 Å². The van der Waals surface area contributed by atoms with E-state index >= 15 is 0 Å². The molecule has 0 saturated heterocycles. The van der Waals surface area contributed by atoms with Crippen LogP contribution in [-0.4, -0.2) is 37.4 Å². The molecule has 0 amide bonds. The number of esters is 1. The van der Waals surface area contributed by atoms with E-state index < -0.39 is 0 Å². The standard InChI is InChI=1S/C13H19NO4/c1-10(2)18-12-6-5-11(9-14-12)13(15)17-8-4-7-16-3/h5-6,9-10H,4,7-8H2,1-3H3. The summed E-state index contributed by atoms with van der Waals surface area (Å²) in [5.74, 6) is 0.121. The molecule has 0 atom stereocenters. The third kappa shape index (κ3) is 5.14. The topological polar surface area (TPSA) is 57.7 Å². The molecule has 0 aliphatic heterocycles. The van der Waals surface area contributed by atoms with E-state index in [1.807, 2.05) is 13.8 Å². The summed E-state index contributed by atoms with van der Waals surface area (Å²) >= 11 is 0. The number of ether oxygens (including phenoxy) is 3. The fraction of sp³-hybridized carbons (Fsp3) is 0.538. The first-order valence-electron chi connectivity index (χ1n) is 5.92. The monoisotopic (exact) mass is 253 g/mol. The Morgan fingerprint density at radius 1 is 1.33 bits per heavy atom. The van der Waals surface area contributed by atoms with Crippen LogP contribution in [0, 0.1) is 0 Å². The minimum atomic E-state index is -0.380. The fourth-order valence-corrected chi connectivity index (χ4v) is 1.26. The maximum absolute atomic E-state index is 11.6. The molecule has 5 heteroatoms. The molecule has 0 unspecified atom stereocenters. The van der Waals surface area contributed by atoms with Crippen molar-refractivity contribution >= 4 is 5.97 Å². The number of rotatable bonds is 7. The Bertz CT molecular complexity index is 362. The second kappa shape index (κ2) is 7.66. The summed E-state index contributed by atoms with van der Waals surface area (Å²) in [6, 6.07) is 3.30. The Balaban J connectivity index is 2.43. The normalized spacial score (nSPS) is 10.4. The lowest BCUT2D eigenvalue weighted by Gasteiger charge is -2.08. The van der Waals surface area contributed by atoms with E-state index in [1.54, 1.807) is 19.2 Å². The molecule has 18 heavy (non-hydrogen) atoms. The number of nitrogens with zero attached hydrogens (tertiary/aromatic N) is 1. The van der Waals surface area contributed by atoms with Gasteiger partial charge in [0.25, 0.3) is 0 Å². The summed E-state index contributed by atoms with van der Waals surface area (Å²) in [6.45, 7) is 4.75. The van der Waals surface area contributed by atoms with Gasteiger partial charge in [0.15, 0.2) is 0 Å². The van der Waals surface area contributed by atoms with Crippen LogP contribution in [0.3, 0.4) is 0 Å². The zero-order valence-corrected chi connectivity index (χ0v) is 11.0. The van der Waals surface area contributed by atoms with Crippen LogP contribution in [0.5, 0.6) is 5.88 Å². The predicted octanol–water partition coefficient (Wildman–Crippen LogP) is 2.06. The van der Waals surface area contributed by atoms with Crippen LogP contribution < -0.4 is 4.74 Å². The highest BCUT2D eigenvalue weighted by molar-refractivity contribution is 5.89. The third-order valence-corrected chi connectivity index (χ3v) is 2.05. The lowest BCUT2D eigenvalue weighted by molar-refractivity contribution is 0.0468. The van der Waals surface area contributed by atoms with E-state index in [1.165, 1.54) is 6.20 Å². The molecule has 0 saturated carbocycles. The largest absolute Gasteiger partial charge is 0.475 e. The smallest absolute Gasteiger partial charge is 0.339 e. The number of hydrogen-bond donors (Lipinski definition) is 0. The average molecular weight is 253 g/mol. The SMILES string of the molecule is COCCCOC(=O)c1ccc(OC(C)C)nc1. The summed E-state index contributed by atoms with van der Waals surface area (Å²) in [7, 11) is 1.61. The summed E-state index contributed by atoms with van der Waals surface area (Å²) in [6.07, 6.45) is 2.20. The maximum Gasteiger partial charge on any atom is 0.339 e. The number of carbonyl (C=O) groups excluding carboxylic acids is 1. The maximum atomic E-state index is 11.6. The van der Waals surface area contributed by atoms with Crippen LogP contribution >= 0.6 is 0 Å². The van der Waals surface area contributed by atoms with E-state index in [2.05, 4.69) is 4.98 Å². The van der Waals surface area contributed by atoms with Crippen molar-refractivity contribution in [3.8, 4) is 5.88 Å². The molecule has 0 N–H and O–H groups in total. The molecule has 0 aliphatic carbocycles. The number of hydrogen-bond acceptors (Lipinski definition) is 5. The van der Waals surface area contributed by atoms with Gasteiger partial charge in [0.05, 0.1) is 18.3 Å². The van der Waals surface area contributed by atoms with Gasteiger partial charge in [-0.2, -0.15) is 0 Å². The highest BCUT2D eigenvalue weighted by Crippen LogP contribution is 2.10. The molecule has 1 rings (SSSR count). The van der Waals surface area contributed by atoms with Gasteiger partial charge < -0.3 is 14.2 Å². The van der Waals surface area contributed by atoms with E-state index in [0.29, 0.717) is 31.1 Å². The van der Waals surface area contributed by atoms with Gasteiger partial charge in [-0.1, -0.05) is 0 Å². The average Bonchev–Trinajstić information content (AvgIpc) is 2.34. The van der Waals surface area contributed by atoms with Crippen LogP contribution in [-0.2, 0) is 9.47 Å². The second-order valence-electron chi connectivity index (χ2n) is 4.03. The Kier molecular flexibility index (Phi) is 6.14. The summed E-state index contributed by atoms with van der Waals surface area (Å²) in [5, 5.41) is 0. The minimum absolute atomic E-state index is 0.0596. The second-order valence-corrected chi connectivity index (χ2v) is 4.03. The van der Waals surface area contributed by atoms with Crippen molar-refractivity contribution in [1.82, 2.24) is 4.98 Å². The third-order valence-electron chi connectivity index (χ3n) is 2.05. The lowest BCUT2D eigenvalue weighted by Crippen LogP contribution is -2.10. The van der Waals surface area contributed by atoms with Gasteiger partial charge in [-0.05, 0) is 19.9 Å². The van der Waals surface area contributed by atoms with E-state index in [9.17, 15) is 4.79 Å². The van der Waals surface area contributed by atoms with E-state index in [4.69, 9.17) is 14.2 Å². The molecule has 0 aliphatic rings. The van der Waals surface area contributed by atoms with Gasteiger partial charge in [-0.25, -0.2) is 9.78 Å². The van der Waals surface area contributed by atoms with E-state index in [-0.39, 0.29) is 12.1 Å². The highest BCUT2D eigenvalue weighted by atomic mass is 16.5. The van der Waals surface area contributed by atoms with Crippen LogP contribution in [0.15, 0.2) is 18.3 Å². The van der Waals surface area contributed by atoms with Gasteiger partial charge >= 0.3 is 5.97 Å². The van der Waals surface area contributed by atoms with Crippen LogP contribution in [0.2, 0.25) is 0 Å². The number of pyridine rings is 1. The Morgan fingerprint density at radius 3 is 2.67 bits per heavy atom. The zero-order chi connectivity index (χ0) is 13.4. The van der Waals surface area contributed by atoms with Crippen molar-refractivity contribution in [3.63, 3.8) is 0 Å². The molecule has 0 fully saturated rings. The molecule has 0 aromatic carbocycles. The first kappa shape index (κ1) is 14.4. The molecule has 100 valence electrons. The lowest BCUT2D eigenvalue weighted by atomic mass is 10.3.